The van der Waals surface area contributed by atoms with Gasteiger partial charge in [0, 0.05) is 6.20 Å². The van der Waals surface area contributed by atoms with Gasteiger partial charge in [-0.05, 0) is 12.1 Å². The molecule has 0 aliphatic heterocycles. The first-order valence-corrected chi connectivity index (χ1v) is 3.94. The lowest BCUT2D eigenvalue weighted by molar-refractivity contribution is 0.591. The average molecular weight is 172 g/mol. The highest BCUT2D eigenvalue weighted by Crippen LogP contribution is 2.03. The summed E-state index contributed by atoms with van der Waals surface area (Å²) in [5.74, 6) is 0. The summed E-state index contributed by atoms with van der Waals surface area (Å²) in [5, 5.41) is 0. The van der Waals surface area contributed by atoms with E-state index in [1.54, 1.807) is 6.20 Å². The van der Waals surface area contributed by atoms with Gasteiger partial charge in [0.15, 0.2) is 6.39 Å². The number of hydrogen-bond donors (Lipinski definition) is 0. The first-order chi connectivity index (χ1) is 6.47. The van der Waals surface area contributed by atoms with Gasteiger partial charge in [-0.25, -0.2) is 9.97 Å². The van der Waals surface area contributed by atoms with Gasteiger partial charge in [0.05, 0.1) is 0 Å². The lowest BCUT2D eigenvalue weighted by atomic mass is 10.4. The van der Waals surface area contributed by atoms with Crippen molar-refractivity contribution in [1.29, 1.82) is 0 Å². The fraction of sp³-hybridized carbons (Fsp3) is 0. The van der Waals surface area contributed by atoms with Crippen molar-refractivity contribution in [2.45, 2.75) is 0 Å². The Hall–Kier alpha value is -1.90. The second kappa shape index (κ2) is 3.67. The predicted octanol–water partition coefficient (Wildman–Crippen LogP) is 2.35. The predicted molar refractivity (Wildman–Crippen MR) is 49.4 cm³/mol. The van der Waals surface area contributed by atoms with Crippen LogP contribution in [0.2, 0.25) is 0 Å². The molecule has 0 N–H and O–H groups in total. The maximum atomic E-state index is 5.07. The molecule has 3 heteroatoms. The Morgan fingerprint density at radius 1 is 0.923 bits per heavy atom. The maximum Gasteiger partial charge on any atom is 0.246 e. The third-order valence-corrected chi connectivity index (χ3v) is 1.55. The van der Waals surface area contributed by atoms with Crippen molar-refractivity contribution in [2.75, 3.05) is 0 Å². The van der Waals surface area contributed by atoms with Gasteiger partial charge in [0.25, 0.3) is 0 Å². The maximum absolute atomic E-state index is 5.07. The molecule has 0 saturated heterocycles. The molecule has 0 aliphatic carbocycles. The van der Waals surface area contributed by atoms with Crippen LogP contribution in [0.1, 0.15) is 0 Å². The zero-order valence-corrected chi connectivity index (χ0v) is 6.92. The molecule has 0 aliphatic rings. The van der Waals surface area contributed by atoms with E-state index in [1.807, 2.05) is 36.4 Å². The minimum absolute atomic E-state index is 0.538. The van der Waals surface area contributed by atoms with Crippen LogP contribution < -0.4 is 0 Å². The summed E-state index contributed by atoms with van der Waals surface area (Å²) in [4.78, 5) is 8.09. The molecule has 2 aromatic heterocycles. The van der Waals surface area contributed by atoms with Crippen LogP contribution >= 0.6 is 0 Å². The Morgan fingerprint density at radius 2 is 1.77 bits per heavy atom. The third kappa shape index (κ3) is 1.82. The van der Waals surface area contributed by atoms with Gasteiger partial charge < -0.3 is 4.42 Å². The van der Waals surface area contributed by atoms with Crippen molar-refractivity contribution >= 4 is 11.2 Å². The van der Waals surface area contributed by atoms with E-state index >= 15 is 0 Å². The molecule has 0 unspecified atom stereocenters. The molecule has 2 aromatic rings. The molecule has 0 spiro atoms. The quantitative estimate of drug-likeness (QED) is 0.612. The molecule has 0 radical (unpaired) electrons. The van der Waals surface area contributed by atoms with Gasteiger partial charge in [-0.3, -0.25) is 0 Å². The van der Waals surface area contributed by atoms with Crippen LogP contribution in [0.25, 0.3) is 11.2 Å². The van der Waals surface area contributed by atoms with Crippen LogP contribution in [0.4, 0.5) is 0 Å². The zero-order valence-electron chi connectivity index (χ0n) is 6.92. The smallest absolute Gasteiger partial charge is 0.246 e. The van der Waals surface area contributed by atoms with Crippen LogP contribution in [0.15, 0.2) is 53.4 Å². The van der Waals surface area contributed by atoms with Crippen LogP contribution in [-0.4, -0.2) is 9.97 Å². The summed E-state index contributed by atoms with van der Waals surface area (Å²) in [7, 11) is 0. The van der Waals surface area contributed by atoms with E-state index in [0.717, 1.165) is 5.52 Å². The first-order valence-electron chi connectivity index (χ1n) is 3.94. The van der Waals surface area contributed by atoms with Crippen molar-refractivity contribution in [3.8, 4) is 0 Å². The highest BCUT2D eigenvalue weighted by atomic mass is 16.3. The van der Waals surface area contributed by atoms with Crippen molar-refractivity contribution in [1.82, 2.24) is 9.97 Å². The van der Waals surface area contributed by atoms with Crippen molar-refractivity contribution in [3.63, 3.8) is 0 Å². The molecule has 0 amide bonds. The van der Waals surface area contributed by atoms with Gasteiger partial charge in [-0.2, -0.15) is 0 Å². The van der Waals surface area contributed by atoms with E-state index < -0.39 is 0 Å². The van der Waals surface area contributed by atoms with Gasteiger partial charge in [0.2, 0.25) is 5.71 Å². The Balaban J connectivity index is 2.74. The number of rotatable bonds is 0. The molecule has 0 fully saturated rings. The molecule has 3 nitrogen and oxygen atoms in total. The third-order valence-electron chi connectivity index (χ3n) is 1.55. The lowest BCUT2D eigenvalue weighted by Crippen LogP contribution is -1.65. The number of aromatic nitrogens is 2. The SMILES string of the molecule is c1cccnc2ocnc2ccc1. The normalized spacial score (nSPS) is 9.54. The van der Waals surface area contributed by atoms with Crippen molar-refractivity contribution in [3.05, 3.63) is 49.0 Å². The molecule has 0 bridgehead atoms. The number of hydrogen-bond acceptors (Lipinski definition) is 3. The summed E-state index contributed by atoms with van der Waals surface area (Å²) < 4.78 is 5.07. The fourth-order valence-electron chi connectivity index (χ4n) is 0.959. The highest BCUT2D eigenvalue weighted by molar-refractivity contribution is 5.65. The van der Waals surface area contributed by atoms with Crippen LogP contribution in [0.5, 0.6) is 0 Å². The zero-order chi connectivity index (χ0) is 8.93. The number of oxazole rings is 1. The second-order valence-corrected chi connectivity index (χ2v) is 2.45. The monoisotopic (exact) mass is 172 g/mol. The van der Waals surface area contributed by atoms with E-state index in [1.165, 1.54) is 6.39 Å². The van der Waals surface area contributed by atoms with Crippen LogP contribution in [-0.2, 0) is 0 Å². The summed E-state index contributed by atoms with van der Waals surface area (Å²) in [6, 6.07) is 11.3. The lowest BCUT2D eigenvalue weighted by Gasteiger charge is -1.76. The first kappa shape index (κ1) is 7.73. The molecular weight excluding hydrogens is 164 g/mol. The van der Waals surface area contributed by atoms with E-state index in [4.69, 9.17) is 4.42 Å². The van der Waals surface area contributed by atoms with E-state index in [2.05, 4.69) is 9.97 Å². The Bertz CT molecular complexity index is 409. The Labute approximate surface area is 75.4 Å². The second-order valence-electron chi connectivity index (χ2n) is 2.45. The minimum Gasteiger partial charge on any atom is -0.425 e. The summed E-state index contributed by atoms with van der Waals surface area (Å²) in [5.41, 5.74) is 1.28. The van der Waals surface area contributed by atoms with Gasteiger partial charge in [-0.15, -0.1) is 0 Å². The molecule has 2 heterocycles. The topological polar surface area (TPSA) is 38.9 Å². The van der Waals surface area contributed by atoms with Crippen molar-refractivity contribution in [2.24, 2.45) is 0 Å². The average Bonchev–Trinajstić information content (AvgIpc) is 2.59. The van der Waals surface area contributed by atoms with Crippen LogP contribution in [0, 0.1) is 0 Å². The van der Waals surface area contributed by atoms with E-state index in [9.17, 15) is 0 Å². The fourth-order valence-corrected chi connectivity index (χ4v) is 0.959. The highest BCUT2D eigenvalue weighted by Gasteiger charge is 1.90. The molecule has 64 valence electrons. The molecule has 0 aromatic carbocycles. The largest absolute Gasteiger partial charge is 0.425 e. The molecule has 2 rings (SSSR count). The Kier molecular flexibility index (Phi) is 2.18. The summed E-state index contributed by atoms with van der Waals surface area (Å²) >= 11 is 0. The summed E-state index contributed by atoms with van der Waals surface area (Å²) in [6.45, 7) is 0. The Morgan fingerprint density at radius 3 is 2.77 bits per heavy atom. The molecule has 13 heavy (non-hydrogen) atoms. The standard InChI is InChI=1S/C10H8N2O/c1-2-4-6-9-10(13-8-12-9)11-7-5-3-1/h1-8H. The summed E-state index contributed by atoms with van der Waals surface area (Å²) in [6.07, 6.45) is 3.06. The molecular formula is C10H8N2O. The van der Waals surface area contributed by atoms with Gasteiger partial charge in [0.1, 0.15) is 5.52 Å². The number of fused-ring (bicyclic) bond motifs is 1. The molecule has 0 atom stereocenters. The van der Waals surface area contributed by atoms with Gasteiger partial charge >= 0.3 is 0 Å². The minimum atomic E-state index is 0.538. The van der Waals surface area contributed by atoms with E-state index in [-0.39, 0.29) is 0 Å². The number of nitrogens with zero attached hydrogens (tertiary/aromatic N) is 2. The van der Waals surface area contributed by atoms with Crippen molar-refractivity contribution < 1.29 is 4.42 Å². The molecule has 0 saturated carbocycles. The van der Waals surface area contributed by atoms with Gasteiger partial charge in [-0.1, -0.05) is 24.3 Å². The van der Waals surface area contributed by atoms with E-state index in [0.29, 0.717) is 5.71 Å². The van der Waals surface area contributed by atoms with Crippen LogP contribution in [0.3, 0.4) is 0 Å².